The van der Waals surface area contributed by atoms with Crippen LogP contribution in [0.2, 0.25) is 0 Å². The number of carbonyl (C=O) groups excluding carboxylic acids is 2. The molecule has 2 amide bonds. The first-order chi connectivity index (χ1) is 11.7. The van der Waals surface area contributed by atoms with Crippen molar-refractivity contribution >= 4 is 34.9 Å². The lowest BCUT2D eigenvalue weighted by molar-refractivity contribution is -0.133. The molecule has 2 aliphatic heterocycles. The molecule has 1 aromatic rings. The van der Waals surface area contributed by atoms with Gasteiger partial charge in [-0.2, -0.15) is 11.8 Å². The summed E-state index contributed by atoms with van der Waals surface area (Å²) in [7, 11) is 0. The van der Waals surface area contributed by atoms with Crippen LogP contribution in [-0.2, 0) is 16.0 Å². The second-order valence-corrected chi connectivity index (χ2v) is 8.30. The largest absolute Gasteiger partial charge is 0.377 e. The Balaban J connectivity index is 1.66. The van der Waals surface area contributed by atoms with Crippen molar-refractivity contribution in [3.63, 3.8) is 0 Å². The van der Waals surface area contributed by atoms with Crippen LogP contribution in [0.4, 0.5) is 0 Å². The average molecular weight is 369 g/mol. The molecule has 0 spiro atoms. The first kappa shape index (κ1) is 17.8. The highest BCUT2D eigenvalue weighted by Gasteiger charge is 2.31. The number of rotatable bonds is 4. The lowest BCUT2D eigenvalue weighted by atomic mass is 10.1. The lowest BCUT2D eigenvalue weighted by Gasteiger charge is -2.36. The highest BCUT2D eigenvalue weighted by molar-refractivity contribution is 7.99. The van der Waals surface area contributed by atoms with Gasteiger partial charge in [-0.1, -0.05) is 6.92 Å². The van der Waals surface area contributed by atoms with Crippen molar-refractivity contribution in [1.82, 2.24) is 9.80 Å². The molecule has 2 fully saturated rings. The number of aryl methyl sites for hydroxylation is 1. The second-order valence-electron chi connectivity index (χ2n) is 6.08. The van der Waals surface area contributed by atoms with Crippen LogP contribution < -0.4 is 0 Å². The monoisotopic (exact) mass is 368 g/mol. The maximum Gasteiger partial charge on any atom is 0.255 e. The third-order valence-corrected chi connectivity index (χ3v) is 6.54. The SMILES string of the molecule is CCc1cc(C(=O)N2CCOCC2CC(=O)N2CCSCC2)cs1. The van der Waals surface area contributed by atoms with Crippen molar-refractivity contribution in [2.24, 2.45) is 0 Å². The highest BCUT2D eigenvalue weighted by atomic mass is 32.2. The van der Waals surface area contributed by atoms with E-state index in [-0.39, 0.29) is 17.9 Å². The Morgan fingerprint density at radius 2 is 2.08 bits per heavy atom. The summed E-state index contributed by atoms with van der Waals surface area (Å²) in [5.41, 5.74) is 0.741. The van der Waals surface area contributed by atoms with E-state index < -0.39 is 0 Å². The van der Waals surface area contributed by atoms with Gasteiger partial charge in [0.05, 0.1) is 24.8 Å². The fourth-order valence-electron chi connectivity index (χ4n) is 3.08. The summed E-state index contributed by atoms with van der Waals surface area (Å²) in [6.45, 7) is 5.27. The van der Waals surface area contributed by atoms with E-state index in [1.807, 2.05) is 33.0 Å². The molecule has 1 aromatic heterocycles. The van der Waals surface area contributed by atoms with Crippen molar-refractivity contribution in [3.8, 4) is 0 Å². The number of hydrogen-bond acceptors (Lipinski definition) is 5. The summed E-state index contributed by atoms with van der Waals surface area (Å²) >= 11 is 3.51. The number of nitrogens with zero attached hydrogens (tertiary/aromatic N) is 2. The highest BCUT2D eigenvalue weighted by Crippen LogP contribution is 2.21. The first-order valence-electron chi connectivity index (χ1n) is 8.50. The smallest absolute Gasteiger partial charge is 0.255 e. The van der Waals surface area contributed by atoms with Gasteiger partial charge >= 0.3 is 0 Å². The predicted molar refractivity (Wildman–Crippen MR) is 97.9 cm³/mol. The van der Waals surface area contributed by atoms with E-state index in [9.17, 15) is 9.59 Å². The van der Waals surface area contributed by atoms with E-state index in [0.29, 0.717) is 26.2 Å². The molecule has 3 heterocycles. The molecule has 0 radical (unpaired) electrons. The van der Waals surface area contributed by atoms with Gasteiger partial charge < -0.3 is 14.5 Å². The number of thioether (sulfide) groups is 1. The Hall–Kier alpha value is -1.05. The van der Waals surface area contributed by atoms with E-state index >= 15 is 0 Å². The molecule has 0 aliphatic carbocycles. The summed E-state index contributed by atoms with van der Waals surface area (Å²) in [4.78, 5) is 30.4. The van der Waals surface area contributed by atoms with Crippen LogP contribution in [0.15, 0.2) is 11.4 Å². The van der Waals surface area contributed by atoms with E-state index in [1.165, 1.54) is 4.88 Å². The molecule has 24 heavy (non-hydrogen) atoms. The fraction of sp³-hybridized carbons (Fsp3) is 0.647. The van der Waals surface area contributed by atoms with Crippen molar-refractivity contribution < 1.29 is 14.3 Å². The Morgan fingerprint density at radius 3 is 2.79 bits per heavy atom. The molecule has 0 saturated carbocycles. The van der Waals surface area contributed by atoms with Gasteiger partial charge in [-0.15, -0.1) is 11.3 Å². The van der Waals surface area contributed by atoms with Crippen LogP contribution in [-0.4, -0.2) is 72.0 Å². The minimum Gasteiger partial charge on any atom is -0.377 e. The average Bonchev–Trinajstić information content (AvgIpc) is 3.11. The molecule has 2 saturated heterocycles. The van der Waals surface area contributed by atoms with Gasteiger partial charge in [-0.05, 0) is 12.5 Å². The third-order valence-electron chi connectivity index (χ3n) is 4.51. The topological polar surface area (TPSA) is 49.9 Å². The minimum absolute atomic E-state index is 0.0289. The van der Waals surface area contributed by atoms with Crippen molar-refractivity contribution in [1.29, 1.82) is 0 Å². The number of hydrogen-bond donors (Lipinski definition) is 0. The summed E-state index contributed by atoms with van der Waals surface area (Å²) < 4.78 is 5.55. The van der Waals surface area contributed by atoms with Crippen LogP contribution in [0.5, 0.6) is 0 Å². The summed E-state index contributed by atoms with van der Waals surface area (Å²) in [5.74, 6) is 2.18. The molecular weight excluding hydrogens is 344 g/mol. The number of carbonyl (C=O) groups is 2. The standard InChI is InChI=1S/C17H24N2O3S2/c1-2-15-9-13(12-24-15)17(21)19-3-6-22-11-14(19)10-16(20)18-4-7-23-8-5-18/h9,12,14H,2-8,10-11H2,1H3. The first-order valence-corrected chi connectivity index (χ1v) is 10.5. The summed E-state index contributed by atoms with van der Waals surface area (Å²) in [6, 6.07) is 1.82. The van der Waals surface area contributed by atoms with Gasteiger partial charge in [0.2, 0.25) is 5.91 Å². The van der Waals surface area contributed by atoms with Crippen LogP contribution in [0.25, 0.3) is 0 Å². The summed E-state index contributed by atoms with van der Waals surface area (Å²) in [6.07, 6.45) is 1.30. The van der Waals surface area contributed by atoms with E-state index in [2.05, 4.69) is 6.92 Å². The Morgan fingerprint density at radius 1 is 1.29 bits per heavy atom. The Labute approximate surface area is 151 Å². The molecule has 5 nitrogen and oxygen atoms in total. The fourth-order valence-corrected chi connectivity index (χ4v) is 4.79. The van der Waals surface area contributed by atoms with E-state index in [0.717, 1.165) is 36.6 Å². The zero-order valence-electron chi connectivity index (χ0n) is 14.0. The van der Waals surface area contributed by atoms with Crippen molar-refractivity contribution in [3.05, 3.63) is 21.9 Å². The molecule has 3 rings (SSSR count). The molecule has 0 N–H and O–H groups in total. The van der Waals surface area contributed by atoms with E-state index in [4.69, 9.17) is 4.74 Å². The maximum absolute atomic E-state index is 12.8. The molecule has 7 heteroatoms. The molecule has 1 atom stereocenters. The summed E-state index contributed by atoms with van der Waals surface area (Å²) in [5, 5.41) is 1.93. The zero-order valence-corrected chi connectivity index (χ0v) is 15.7. The molecule has 0 bridgehead atoms. The number of ether oxygens (including phenoxy) is 1. The van der Waals surface area contributed by atoms with Crippen molar-refractivity contribution in [2.45, 2.75) is 25.8 Å². The third kappa shape index (κ3) is 4.13. The van der Waals surface area contributed by atoms with Crippen LogP contribution in [0, 0.1) is 0 Å². The number of thiophene rings is 1. The number of morpholine rings is 1. The van der Waals surface area contributed by atoms with Crippen LogP contribution in [0.1, 0.15) is 28.6 Å². The van der Waals surface area contributed by atoms with Crippen LogP contribution >= 0.6 is 23.1 Å². The van der Waals surface area contributed by atoms with E-state index in [1.54, 1.807) is 11.3 Å². The van der Waals surface area contributed by atoms with Gasteiger partial charge in [0, 0.05) is 47.8 Å². The molecule has 0 aromatic carbocycles. The molecular formula is C17H24N2O3S2. The van der Waals surface area contributed by atoms with Gasteiger partial charge in [0.1, 0.15) is 0 Å². The Kier molecular flexibility index (Phi) is 6.19. The number of amides is 2. The molecule has 2 aliphatic rings. The zero-order chi connectivity index (χ0) is 16.9. The quantitative estimate of drug-likeness (QED) is 0.817. The minimum atomic E-state index is -0.154. The van der Waals surface area contributed by atoms with Gasteiger partial charge in [-0.3, -0.25) is 9.59 Å². The van der Waals surface area contributed by atoms with Crippen molar-refractivity contribution in [2.75, 3.05) is 44.4 Å². The maximum atomic E-state index is 12.8. The van der Waals surface area contributed by atoms with Gasteiger partial charge in [0.25, 0.3) is 5.91 Å². The molecule has 132 valence electrons. The normalized spacial score (nSPS) is 21.8. The second kappa shape index (κ2) is 8.36. The predicted octanol–water partition coefficient (Wildman–Crippen LogP) is 2.12. The van der Waals surface area contributed by atoms with Gasteiger partial charge in [-0.25, -0.2) is 0 Å². The van der Waals surface area contributed by atoms with Gasteiger partial charge in [0.15, 0.2) is 0 Å². The Bertz CT molecular complexity index is 584. The van der Waals surface area contributed by atoms with Crippen LogP contribution in [0.3, 0.4) is 0 Å². The lowest BCUT2D eigenvalue weighted by Crippen LogP contribution is -2.51. The molecule has 1 unspecified atom stereocenters.